The van der Waals surface area contributed by atoms with Gasteiger partial charge in [0.15, 0.2) is 6.29 Å². The summed E-state index contributed by atoms with van der Waals surface area (Å²) in [7, 11) is 0. The summed E-state index contributed by atoms with van der Waals surface area (Å²) in [6.45, 7) is 3.19. The van der Waals surface area contributed by atoms with E-state index >= 15 is 0 Å². The van der Waals surface area contributed by atoms with Crippen molar-refractivity contribution in [2.45, 2.75) is 6.92 Å². The number of hydrogen-bond acceptors (Lipinski definition) is 4. The Bertz CT molecular complexity index is 554. The van der Waals surface area contributed by atoms with Gasteiger partial charge in [-0.25, -0.2) is 4.98 Å². The van der Waals surface area contributed by atoms with Gasteiger partial charge in [-0.3, -0.25) is 4.79 Å². The number of para-hydroxylation sites is 1. The van der Waals surface area contributed by atoms with E-state index in [4.69, 9.17) is 5.11 Å². The number of aliphatic hydroxyl groups excluding tert-OH is 1. The lowest BCUT2D eigenvalue weighted by Gasteiger charge is -2.22. The van der Waals surface area contributed by atoms with Crippen LogP contribution in [0.4, 0.5) is 5.82 Å². The van der Waals surface area contributed by atoms with Crippen molar-refractivity contribution in [3.63, 3.8) is 0 Å². The Balaban J connectivity index is 2.56. The summed E-state index contributed by atoms with van der Waals surface area (Å²) in [5, 5.41) is 10.00. The monoisotopic (exact) mass is 244 g/mol. The summed E-state index contributed by atoms with van der Waals surface area (Å²) in [5.74, 6) is 0.639. The highest BCUT2D eigenvalue weighted by atomic mass is 16.3. The molecule has 2 aromatic rings. The number of aromatic nitrogens is 1. The lowest BCUT2D eigenvalue weighted by molar-refractivity contribution is 0.112. The Hall–Kier alpha value is -1.94. The van der Waals surface area contributed by atoms with Crippen molar-refractivity contribution in [1.29, 1.82) is 0 Å². The van der Waals surface area contributed by atoms with E-state index in [1.807, 2.05) is 42.2 Å². The first-order valence-corrected chi connectivity index (χ1v) is 6.01. The van der Waals surface area contributed by atoms with Gasteiger partial charge in [0.05, 0.1) is 17.7 Å². The van der Waals surface area contributed by atoms with Gasteiger partial charge in [-0.2, -0.15) is 0 Å². The van der Waals surface area contributed by atoms with Crippen LogP contribution in [0, 0.1) is 0 Å². The Labute approximate surface area is 106 Å². The number of fused-ring (bicyclic) bond motifs is 1. The van der Waals surface area contributed by atoms with Crippen molar-refractivity contribution in [3.05, 3.63) is 35.9 Å². The molecule has 2 rings (SSSR count). The second-order valence-electron chi connectivity index (χ2n) is 4.02. The molecule has 18 heavy (non-hydrogen) atoms. The number of carbonyl (C=O) groups excluding carboxylic acids is 1. The highest BCUT2D eigenvalue weighted by Gasteiger charge is 2.12. The summed E-state index contributed by atoms with van der Waals surface area (Å²) in [5.41, 5.74) is 1.42. The van der Waals surface area contributed by atoms with Gasteiger partial charge < -0.3 is 10.0 Å². The molecule has 94 valence electrons. The smallest absolute Gasteiger partial charge is 0.153 e. The summed E-state index contributed by atoms with van der Waals surface area (Å²) < 4.78 is 0. The van der Waals surface area contributed by atoms with Crippen molar-refractivity contribution >= 4 is 23.0 Å². The van der Waals surface area contributed by atoms with Gasteiger partial charge >= 0.3 is 0 Å². The minimum atomic E-state index is 0.0423. The molecule has 0 aliphatic heterocycles. The predicted molar refractivity (Wildman–Crippen MR) is 72.1 cm³/mol. The van der Waals surface area contributed by atoms with Crippen LogP contribution in [0.1, 0.15) is 17.3 Å². The summed E-state index contributed by atoms with van der Waals surface area (Å²) in [6, 6.07) is 9.53. The molecule has 0 fully saturated rings. The van der Waals surface area contributed by atoms with Gasteiger partial charge in [-0.15, -0.1) is 0 Å². The molecule has 0 amide bonds. The maximum atomic E-state index is 11.2. The molecule has 0 radical (unpaired) electrons. The third-order valence-corrected chi connectivity index (χ3v) is 2.91. The number of hydrogen-bond donors (Lipinski definition) is 1. The van der Waals surface area contributed by atoms with Gasteiger partial charge in [-0.05, 0) is 19.1 Å². The Morgan fingerprint density at radius 2 is 2.17 bits per heavy atom. The molecule has 0 bridgehead atoms. The van der Waals surface area contributed by atoms with Crippen LogP contribution >= 0.6 is 0 Å². The van der Waals surface area contributed by atoms with Crippen LogP contribution in [-0.4, -0.2) is 36.1 Å². The highest BCUT2D eigenvalue weighted by Crippen LogP contribution is 2.22. The number of benzene rings is 1. The zero-order valence-corrected chi connectivity index (χ0v) is 10.3. The van der Waals surface area contributed by atoms with Crippen molar-refractivity contribution in [1.82, 2.24) is 4.98 Å². The van der Waals surface area contributed by atoms with Crippen molar-refractivity contribution in [3.8, 4) is 0 Å². The molecule has 0 atom stereocenters. The molecule has 1 N–H and O–H groups in total. The first-order chi connectivity index (χ1) is 8.80. The summed E-state index contributed by atoms with van der Waals surface area (Å²) in [6.07, 6.45) is 0.814. The molecule has 4 heteroatoms. The lowest BCUT2D eigenvalue weighted by atomic mass is 10.1. The van der Waals surface area contributed by atoms with Crippen molar-refractivity contribution < 1.29 is 9.90 Å². The fraction of sp³-hybridized carbons (Fsp3) is 0.286. The molecule has 1 aromatic carbocycles. The molecular formula is C14H16N2O2. The third kappa shape index (κ3) is 2.33. The standard InChI is InChI=1S/C14H16N2O2/c1-2-16(7-8-17)14-12(10-18)9-11-5-3-4-6-13(11)15-14/h3-6,9-10,17H,2,7-8H2,1H3. The number of aldehydes is 1. The van der Waals surface area contributed by atoms with Crippen LogP contribution in [0.2, 0.25) is 0 Å². The molecule has 0 spiro atoms. The molecule has 0 aliphatic rings. The molecular weight excluding hydrogens is 228 g/mol. The average Bonchev–Trinajstić information content (AvgIpc) is 2.43. The number of rotatable bonds is 5. The minimum Gasteiger partial charge on any atom is -0.395 e. The molecule has 0 aliphatic carbocycles. The number of likely N-dealkylation sites (N-methyl/N-ethyl adjacent to an activating group) is 1. The number of carbonyl (C=O) groups is 1. The topological polar surface area (TPSA) is 53.4 Å². The van der Waals surface area contributed by atoms with E-state index in [2.05, 4.69) is 4.98 Å². The molecule has 0 saturated carbocycles. The zero-order chi connectivity index (χ0) is 13.0. The van der Waals surface area contributed by atoms with E-state index in [-0.39, 0.29) is 6.61 Å². The van der Waals surface area contributed by atoms with Crippen LogP contribution in [-0.2, 0) is 0 Å². The van der Waals surface area contributed by atoms with Gasteiger partial charge in [0.2, 0.25) is 0 Å². The second kappa shape index (κ2) is 5.60. The van der Waals surface area contributed by atoms with E-state index in [1.54, 1.807) is 0 Å². The molecule has 0 saturated heterocycles. The molecule has 1 aromatic heterocycles. The lowest BCUT2D eigenvalue weighted by Crippen LogP contribution is -2.28. The molecule has 0 unspecified atom stereocenters. The molecule has 1 heterocycles. The molecule has 4 nitrogen and oxygen atoms in total. The van der Waals surface area contributed by atoms with Crippen molar-refractivity contribution in [2.75, 3.05) is 24.6 Å². The van der Waals surface area contributed by atoms with Crippen LogP contribution in [0.15, 0.2) is 30.3 Å². The maximum absolute atomic E-state index is 11.2. The number of nitrogens with zero attached hydrogens (tertiary/aromatic N) is 2. The second-order valence-corrected chi connectivity index (χ2v) is 4.02. The van der Waals surface area contributed by atoms with Gasteiger partial charge in [0, 0.05) is 18.5 Å². The van der Waals surface area contributed by atoms with Gasteiger partial charge in [0.1, 0.15) is 5.82 Å². The summed E-state index contributed by atoms with van der Waals surface area (Å²) in [4.78, 5) is 17.6. The third-order valence-electron chi connectivity index (χ3n) is 2.91. The minimum absolute atomic E-state index is 0.0423. The van der Waals surface area contributed by atoms with E-state index in [0.29, 0.717) is 24.5 Å². The van der Waals surface area contributed by atoms with E-state index in [9.17, 15) is 4.79 Å². The predicted octanol–water partition coefficient (Wildman–Crippen LogP) is 1.87. The Morgan fingerprint density at radius 1 is 1.39 bits per heavy atom. The van der Waals surface area contributed by atoms with Crippen molar-refractivity contribution in [2.24, 2.45) is 0 Å². The van der Waals surface area contributed by atoms with E-state index < -0.39 is 0 Å². The fourth-order valence-corrected chi connectivity index (χ4v) is 2.00. The van der Waals surface area contributed by atoms with Crippen LogP contribution in [0.25, 0.3) is 10.9 Å². The Kier molecular flexibility index (Phi) is 3.89. The largest absolute Gasteiger partial charge is 0.395 e. The Morgan fingerprint density at radius 3 is 2.83 bits per heavy atom. The van der Waals surface area contributed by atoms with Crippen LogP contribution < -0.4 is 4.90 Å². The SMILES string of the molecule is CCN(CCO)c1nc2ccccc2cc1C=O. The first-order valence-electron chi connectivity index (χ1n) is 6.01. The van der Waals surface area contributed by atoms with Crippen LogP contribution in [0.5, 0.6) is 0 Å². The van der Waals surface area contributed by atoms with E-state index in [0.717, 1.165) is 17.2 Å². The normalized spacial score (nSPS) is 10.6. The maximum Gasteiger partial charge on any atom is 0.153 e. The van der Waals surface area contributed by atoms with Gasteiger partial charge in [-0.1, -0.05) is 18.2 Å². The number of aliphatic hydroxyl groups is 1. The number of anilines is 1. The van der Waals surface area contributed by atoms with Gasteiger partial charge in [0.25, 0.3) is 0 Å². The quantitative estimate of drug-likeness (QED) is 0.816. The first kappa shape index (κ1) is 12.5. The fourth-order valence-electron chi connectivity index (χ4n) is 2.00. The van der Waals surface area contributed by atoms with E-state index in [1.165, 1.54) is 0 Å². The number of pyridine rings is 1. The summed E-state index contributed by atoms with van der Waals surface area (Å²) >= 11 is 0. The van der Waals surface area contributed by atoms with Crippen LogP contribution in [0.3, 0.4) is 0 Å². The highest BCUT2D eigenvalue weighted by molar-refractivity contribution is 5.91. The average molecular weight is 244 g/mol. The zero-order valence-electron chi connectivity index (χ0n) is 10.3.